The number of carbonyl (C=O) groups is 2. The van der Waals surface area contributed by atoms with Crippen LogP contribution in [0.4, 0.5) is 28.0 Å². The van der Waals surface area contributed by atoms with Crippen LogP contribution in [0.3, 0.4) is 0 Å². The normalized spacial score (nSPS) is 14.0. The van der Waals surface area contributed by atoms with Crippen LogP contribution < -0.4 is 21.9 Å². The third kappa shape index (κ3) is 8.57. The van der Waals surface area contributed by atoms with E-state index < -0.39 is 58.3 Å². The summed E-state index contributed by atoms with van der Waals surface area (Å²) >= 11 is 0. The Labute approximate surface area is 271 Å². The maximum Gasteiger partial charge on any atom is 0.435 e. The van der Waals surface area contributed by atoms with Crippen LogP contribution in [-0.2, 0) is 17.5 Å². The van der Waals surface area contributed by atoms with E-state index >= 15 is 4.39 Å². The van der Waals surface area contributed by atoms with Gasteiger partial charge < -0.3 is 15.4 Å². The van der Waals surface area contributed by atoms with Crippen molar-refractivity contribution in [2.24, 2.45) is 5.92 Å². The number of amides is 2. The summed E-state index contributed by atoms with van der Waals surface area (Å²) in [5, 5.41) is 8.55. The van der Waals surface area contributed by atoms with Crippen molar-refractivity contribution in [3.05, 3.63) is 110 Å². The molecule has 1 fully saturated rings. The van der Waals surface area contributed by atoms with Crippen molar-refractivity contribution in [3.8, 4) is 5.69 Å². The van der Waals surface area contributed by atoms with Crippen LogP contribution >= 0.6 is 0 Å². The van der Waals surface area contributed by atoms with Crippen molar-refractivity contribution in [3.63, 3.8) is 0 Å². The summed E-state index contributed by atoms with van der Waals surface area (Å²) in [6, 6.07) is 11.0. The van der Waals surface area contributed by atoms with Gasteiger partial charge in [-0.05, 0) is 74.9 Å². The van der Waals surface area contributed by atoms with E-state index in [9.17, 15) is 32.3 Å². The lowest BCUT2D eigenvalue weighted by Gasteiger charge is -2.21. The molecule has 1 aliphatic rings. The first-order valence-corrected chi connectivity index (χ1v) is 15.2. The number of carbonyl (C=O) groups excluding carboxylic acids is 2. The molecule has 15 heteroatoms. The van der Waals surface area contributed by atoms with Gasteiger partial charge in [-0.2, -0.15) is 18.3 Å². The second-order valence-corrected chi connectivity index (χ2v) is 12.6. The van der Waals surface area contributed by atoms with E-state index in [4.69, 9.17) is 4.74 Å². The summed E-state index contributed by atoms with van der Waals surface area (Å²) in [5.74, 6) is -1.46. The molecule has 1 aliphatic carbocycles. The Kier molecular flexibility index (Phi) is 9.59. The molecule has 0 saturated heterocycles. The van der Waals surface area contributed by atoms with Gasteiger partial charge in [0.2, 0.25) is 0 Å². The summed E-state index contributed by atoms with van der Waals surface area (Å²) in [6.07, 6.45) is -0.911. The van der Waals surface area contributed by atoms with Gasteiger partial charge in [-0.25, -0.2) is 18.7 Å². The Morgan fingerprint density at radius 1 is 1.06 bits per heavy atom. The molecule has 48 heavy (non-hydrogen) atoms. The van der Waals surface area contributed by atoms with E-state index in [1.807, 2.05) is 0 Å². The van der Waals surface area contributed by atoms with Gasteiger partial charge in [0, 0.05) is 24.9 Å². The Hall–Kier alpha value is -5.21. The van der Waals surface area contributed by atoms with Crippen molar-refractivity contribution in [2.75, 3.05) is 5.32 Å². The van der Waals surface area contributed by atoms with E-state index in [1.165, 1.54) is 47.2 Å². The minimum Gasteiger partial charge on any atom is -0.444 e. The minimum atomic E-state index is -4.90. The number of rotatable bonds is 10. The molecule has 2 amide bonds. The Bertz CT molecular complexity index is 1940. The van der Waals surface area contributed by atoms with Gasteiger partial charge in [0.1, 0.15) is 17.1 Å². The minimum absolute atomic E-state index is 0.0318. The molecule has 2 aromatic carbocycles. The van der Waals surface area contributed by atoms with Gasteiger partial charge in [0.15, 0.2) is 5.69 Å². The number of H-pyrrole nitrogens is 1. The summed E-state index contributed by atoms with van der Waals surface area (Å²) in [4.78, 5) is 52.2. The summed E-state index contributed by atoms with van der Waals surface area (Å²) < 4.78 is 63.8. The Balaban J connectivity index is 1.45. The molecular formula is C33H34F4N6O5. The van der Waals surface area contributed by atoms with Crippen LogP contribution in [-0.4, -0.2) is 36.9 Å². The van der Waals surface area contributed by atoms with E-state index in [0.717, 1.165) is 30.0 Å². The van der Waals surface area contributed by atoms with Crippen LogP contribution in [0.15, 0.2) is 70.4 Å². The number of hydrogen-bond acceptors (Lipinski definition) is 6. The number of nitrogens with zero attached hydrogens (tertiary/aromatic N) is 3. The lowest BCUT2D eigenvalue weighted by atomic mass is 9.99. The molecular weight excluding hydrogens is 636 g/mol. The van der Waals surface area contributed by atoms with Crippen LogP contribution in [0.1, 0.15) is 79.8 Å². The number of halogens is 4. The average Bonchev–Trinajstić information content (AvgIpc) is 3.71. The fraction of sp³-hybridized carbons (Fsp3) is 0.364. The van der Waals surface area contributed by atoms with E-state index in [1.54, 1.807) is 26.8 Å². The maximum atomic E-state index is 15.1. The quantitative estimate of drug-likeness (QED) is 0.179. The summed E-state index contributed by atoms with van der Waals surface area (Å²) in [5.41, 5.74) is -3.21. The molecule has 0 aliphatic heterocycles. The maximum absolute atomic E-state index is 15.1. The lowest BCUT2D eigenvalue weighted by Crippen LogP contribution is -2.32. The van der Waals surface area contributed by atoms with Crippen molar-refractivity contribution in [1.82, 2.24) is 24.6 Å². The largest absolute Gasteiger partial charge is 0.444 e. The first-order valence-electron chi connectivity index (χ1n) is 15.2. The van der Waals surface area contributed by atoms with Gasteiger partial charge in [-0.15, -0.1) is 0 Å². The molecule has 254 valence electrons. The highest BCUT2D eigenvalue weighted by molar-refractivity contribution is 6.03. The highest BCUT2D eigenvalue weighted by Crippen LogP contribution is 2.37. The van der Waals surface area contributed by atoms with E-state index in [0.29, 0.717) is 29.5 Å². The number of aromatic amines is 1. The number of aromatic nitrogens is 4. The van der Waals surface area contributed by atoms with Crippen molar-refractivity contribution < 1.29 is 31.9 Å². The second kappa shape index (κ2) is 13.5. The standard InChI is InChI=1S/C33H34F4N6O5/c1-32(2,3)48-31(47)38-18-20-5-4-6-22(15-20)43-26(17-27(41-43)33(35,36)37)29(45)39-24-16-21(10-11-23(24)34)25(12-9-19-7-8-19)42-14-13-28(44)40-30(42)46/h4-6,10-11,13-17,19,25H,7-9,12,18H2,1-3H3,(H,38,47)(H,39,45)(H,40,44,46). The van der Waals surface area contributed by atoms with Gasteiger partial charge in [0.25, 0.3) is 11.5 Å². The monoisotopic (exact) mass is 670 g/mol. The molecule has 4 aromatic rings. The molecule has 2 aromatic heterocycles. The topological polar surface area (TPSA) is 140 Å². The summed E-state index contributed by atoms with van der Waals surface area (Å²) in [7, 11) is 0. The number of nitrogens with one attached hydrogen (secondary N) is 3. The molecule has 1 atom stereocenters. The highest BCUT2D eigenvalue weighted by atomic mass is 19.4. The number of alkyl halides is 3. The molecule has 0 bridgehead atoms. The number of anilines is 1. The first kappa shape index (κ1) is 34.1. The van der Waals surface area contributed by atoms with Crippen LogP contribution in [0.2, 0.25) is 0 Å². The number of ether oxygens (including phenoxy) is 1. The van der Waals surface area contributed by atoms with E-state index in [2.05, 4.69) is 20.7 Å². The van der Waals surface area contributed by atoms with Crippen LogP contribution in [0.5, 0.6) is 0 Å². The predicted molar refractivity (Wildman–Crippen MR) is 167 cm³/mol. The smallest absolute Gasteiger partial charge is 0.435 e. The fourth-order valence-electron chi connectivity index (χ4n) is 5.14. The molecule has 11 nitrogen and oxygen atoms in total. The molecule has 1 unspecified atom stereocenters. The molecule has 3 N–H and O–H groups in total. The zero-order chi connectivity index (χ0) is 34.8. The van der Waals surface area contributed by atoms with E-state index in [-0.39, 0.29) is 17.9 Å². The Morgan fingerprint density at radius 2 is 1.81 bits per heavy atom. The second-order valence-electron chi connectivity index (χ2n) is 12.6. The predicted octanol–water partition coefficient (Wildman–Crippen LogP) is 5.94. The zero-order valence-corrected chi connectivity index (χ0v) is 26.4. The molecule has 5 rings (SSSR count). The molecule has 0 radical (unpaired) electrons. The lowest BCUT2D eigenvalue weighted by molar-refractivity contribution is -0.141. The molecule has 2 heterocycles. The van der Waals surface area contributed by atoms with Crippen molar-refractivity contribution in [1.29, 1.82) is 0 Å². The van der Waals surface area contributed by atoms with Crippen LogP contribution in [0.25, 0.3) is 5.69 Å². The van der Waals surface area contributed by atoms with Gasteiger partial charge in [-0.1, -0.05) is 31.0 Å². The molecule has 0 spiro atoms. The first-order chi connectivity index (χ1) is 22.6. The van der Waals surface area contributed by atoms with Gasteiger partial charge in [-0.3, -0.25) is 19.1 Å². The average molecular weight is 671 g/mol. The number of benzene rings is 2. The SMILES string of the molecule is CC(C)(C)OC(=O)NCc1cccc(-n2nc(C(F)(F)F)cc2C(=O)Nc2cc(C(CCC3CC3)n3ccc(=O)[nH]c3=O)ccc2F)c1. The number of hydrogen-bond donors (Lipinski definition) is 3. The Morgan fingerprint density at radius 3 is 2.48 bits per heavy atom. The van der Waals surface area contributed by atoms with Gasteiger partial charge >= 0.3 is 18.0 Å². The van der Waals surface area contributed by atoms with Gasteiger partial charge in [0.05, 0.1) is 17.4 Å². The van der Waals surface area contributed by atoms with Crippen LogP contribution in [0, 0.1) is 11.7 Å². The zero-order valence-electron chi connectivity index (χ0n) is 26.4. The van der Waals surface area contributed by atoms with Crippen molar-refractivity contribution >= 4 is 17.7 Å². The summed E-state index contributed by atoms with van der Waals surface area (Å²) in [6.45, 7) is 5.05. The number of alkyl carbamates (subject to hydrolysis) is 1. The molecule has 1 saturated carbocycles. The highest BCUT2D eigenvalue weighted by Gasteiger charge is 2.36. The third-order valence-corrected chi connectivity index (χ3v) is 7.58. The fourth-order valence-corrected chi connectivity index (χ4v) is 5.14. The third-order valence-electron chi connectivity index (χ3n) is 7.58. The van der Waals surface area contributed by atoms with Crippen molar-refractivity contribution in [2.45, 2.75) is 70.8 Å².